The lowest BCUT2D eigenvalue weighted by atomic mass is 9.98. The number of unbranched alkanes of at least 4 members (excludes halogenated alkanes) is 10. The maximum absolute atomic E-state index is 5.95. The number of nitrogens with zero attached hydrogens (tertiary/aromatic N) is 1. The molecule has 0 amide bonds. The van der Waals surface area contributed by atoms with Crippen LogP contribution in [0.3, 0.4) is 0 Å². The fourth-order valence-corrected chi connectivity index (χ4v) is 3.41. The molecule has 0 saturated carbocycles. The van der Waals surface area contributed by atoms with Gasteiger partial charge in [-0.2, -0.15) is 0 Å². The van der Waals surface area contributed by atoms with Gasteiger partial charge >= 0.3 is 0 Å². The largest absolute Gasteiger partial charge is 0.476 e. The van der Waals surface area contributed by atoms with Crippen molar-refractivity contribution in [3.8, 4) is 0 Å². The van der Waals surface area contributed by atoms with Crippen molar-refractivity contribution in [1.29, 1.82) is 0 Å². The van der Waals surface area contributed by atoms with Gasteiger partial charge in [0.05, 0.1) is 6.04 Å². The van der Waals surface area contributed by atoms with Crippen molar-refractivity contribution in [2.24, 2.45) is 4.99 Å². The molecule has 0 saturated heterocycles. The molecule has 0 spiro atoms. The molecule has 22 heavy (non-hydrogen) atoms. The fraction of sp³-hybridized carbons (Fsp3) is 0.950. The lowest BCUT2D eigenvalue weighted by Crippen LogP contribution is -2.22. The lowest BCUT2D eigenvalue weighted by Gasteiger charge is -2.17. The van der Waals surface area contributed by atoms with Gasteiger partial charge in [-0.15, -0.1) is 0 Å². The highest BCUT2D eigenvalue weighted by Crippen LogP contribution is 2.24. The summed E-state index contributed by atoms with van der Waals surface area (Å²) < 4.78 is 5.95. The summed E-state index contributed by atoms with van der Waals surface area (Å²) in [4.78, 5) is 4.73. The van der Waals surface area contributed by atoms with E-state index in [-0.39, 0.29) is 0 Å². The second kappa shape index (κ2) is 13.0. The van der Waals surface area contributed by atoms with Crippen molar-refractivity contribution >= 4 is 5.90 Å². The topological polar surface area (TPSA) is 21.6 Å². The fourth-order valence-electron chi connectivity index (χ4n) is 3.41. The minimum Gasteiger partial charge on any atom is -0.476 e. The monoisotopic (exact) mass is 309 g/mol. The molecular formula is C20H39NO. The first-order valence-corrected chi connectivity index (χ1v) is 9.99. The summed E-state index contributed by atoms with van der Waals surface area (Å²) in [7, 11) is 0. The van der Waals surface area contributed by atoms with Gasteiger partial charge in [-0.3, -0.25) is 0 Å². The Labute approximate surface area is 139 Å². The summed E-state index contributed by atoms with van der Waals surface area (Å²) in [6.45, 7) is 6.58. The van der Waals surface area contributed by atoms with Crippen LogP contribution in [0.4, 0.5) is 0 Å². The third-order valence-electron chi connectivity index (χ3n) is 4.79. The molecule has 0 N–H and O–H groups in total. The summed E-state index contributed by atoms with van der Waals surface area (Å²) in [5, 5.41) is 0. The Balaban J connectivity index is 2.09. The molecule has 0 aliphatic carbocycles. The zero-order chi connectivity index (χ0) is 16.0. The summed E-state index contributed by atoms with van der Waals surface area (Å²) >= 11 is 0. The van der Waals surface area contributed by atoms with Gasteiger partial charge < -0.3 is 4.74 Å². The van der Waals surface area contributed by atoms with Crippen molar-refractivity contribution in [3.05, 3.63) is 0 Å². The van der Waals surface area contributed by atoms with Crippen molar-refractivity contribution in [2.75, 3.05) is 0 Å². The molecule has 0 aromatic carbocycles. The molecule has 1 heterocycles. The van der Waals surface area contributed by atoms with Gasteiger partial charge in [0.15, 0.2) is 5.90 Å². The number of ether oxygens (including phenoxy) is 1. The van der Waals surface area contributed by atoms with Crippen molar-refractivity contribution in [1.82, 2.24) is 0 Å². The Morgan fingerprint density at radius 1 is 0.727 bits per heavy atom. The quantitative estimate of drug-likeness (QED) is 0.328. The van der Waals surface area contributed by atoms with Gasteiger partial charge in [0.2, 0.25) is 0 Å². The zero-order valence-electron chi connectivity index (χ0n) is 15.4. The Morgan fingerprint density at radius 3 is 1.82 bits per heavy atom. The highest BCUT2D eigenvalue weighted by molar-refractivity contribution is 5.75. The molecule has 2 heteroatoms. The predicted octanol–water partition coefficient (Wildman–Crippen LogP) is 6.67. The number of aliphatic imine (C=N–C) groups is 1. The van der Waals surface area contributed by atoms with E-state index in [2.05, 4.69) is 13.8 Å². The lowest BCUT2D eigenvalue weighted by molar-refractivity contribution is 0.170. The number of hydrogen-bond donors (Lipinski definition) is 0. The summed E-state index contributed by atoms with van der Waals surface area (Å²) in [6.07, 6.45) is 19.2. The van der Waals surface area contributed by atoms with Crippen LogP contribution in [-0.2, 0) is 4.74 Å². The average Bonchev–Trinajstić information content (AvgIpc) is 2.86. The minimum absolute atomic E-state index is 0.377. The Morgan fingerprint density at radius 2 is 1.23 bits per heavy atom. The van der Waals surface area contributed by atoms with E-state index in [0.29, 0.717) is 12.1 Å². The maximum Gasteiger partial charge on any atom is 0.180 e. The van der Waals surface area contributed by atoms with E-state index >= 15 is 0 Å². The van der Waals surface area contributed by atoms with E-state index in [0.717, 1.165) is 5.90 Å². The van der Waals surface area contributed by atoms with Crippen LogP contribution in [0.1, 0.15) is 111 Å². The summed E-state index contributed by atoms with van der Waals surface area (Å²) in [6, 6.07) is 0.446. The van der Waals surface area contributed by atoms with Crippen LogP contribution in [0, 0.1) is 0 Å². The van der Waals surface area contributed by atoms with E-state index < -0.39 is 0 Å². The third-order valence-corrected chi connectivity index (χ3v) is 4.79. The molecule has 1 rings (SSSR count). The molecule has 0 aromatic heterocycles. The van der Waals surface area contributed by atoms with Gasteiger partial charge in [-0.05, 0) is 19.3 Å². The van der Waals surface area contributed by atoms with E-state index in [4.69, 9.17) is 9.73 Å². The van der Waals surface area contributed by atoms with E-state index in [1.165, 1.54) is 89.9 Å². The molecule has 0 bridgehead atoms. The van der Waals surface area contributed by atoms with Gasteiger partial charge in [-0.1, -0.05) is 84.5 Å². The smallest absolute Gasteiger partial charge is 0.180 e. The first kappa shape index (κ1) is 19.5. The summed E-state index contributed by atoms with van der Waals surface area (Å²) in [5.74, 6) is 0.923. The van der Waals surface area contributed by atoms with Gasteiger partial charge in [0.25, 0.3) is 0 Å². The van der Waals surface area contributed by atoms with Crippen LogP contribution in [0.2, 0.25) is 0 Å². The standard InChI is InChI=1S/C20H39NO/c1-4-6-8-10-12-14-16-19-20(22-18(3)21-19)17-15-13-11-9-7-5-2/h19-20H,4-17H2,1-3H3. The molecule has 2 nitrogen and oxygen atoms in total. The third kappa shape index (κ3) is 8.80. The molecular weight excluding hydrogens is 270 g/mol. The molecule has 1 aliphatic heterocycles. The predicted molar refractivity (Wildman–Crippen MR) is 97.8 cm³/mol. The number of rotatable bonds is 14. The highest BCUT2D eigenvalue weighted by atomic mass is 16.5. The molecule has 0 aromatic rings. The summed E-state index contributed by atoms with van der Waals surface area (Å²) in [5.41, 5.74) is 0. The second-order valence-corrected chi connectivity index (χ2v) is 6.98. The normalized spacial score (nSPS) is 21.0. The van der Waals surface area contributed by atoms with Crippen LogP contribution in [0.25, 0.3) is 0 Å². The van der Waals surface area contributed by atoms with Crippen LogP contribution >= 0.6 is 0 Å². The van der Waals surface area contributed by atoms with Gasteiger partial charge in [0, 0.05) is 6.92 Å². The van der Waals surface area contributed by atoms with Crippen LogP contribution in [0.5, 0.6) is 0 Å². The van der Waals surface area contributed by atoms with E-state index in [9.17, 15) is 0 Å². The molecule has 130 valence electrons. The molecule has 2 unspecified atom stereocenters. The minimum atomic E-state index is 0.377. The van der Waals surface area contributed by atoms with E-state index in [1.54, 1.807) is 0 Å². The SMILES string of the molecule is CCCCCCCCC1N=C(C)OC1CCCCCCCC. The molecule has 1 aliphatic rings. The van der Waals surface area contributed by atoms with Gasteiger partial charge in [0.1, 0.15) is 6.10 Å². The first-order valence-electron chi connectivity index (χ1n) is 9.99. The van der Waals surface area contributed by atoms with E-state index in [1.807, 2.05) is 6.92 Å². The first-order chi connectivity index (χ1) is 10.8. The van der Waals surface area contributed by atoms with Crippen molar-refractivity contribution < 1.29 is 4.74 Å². The Bertz CT molecular complexity index is 287. The van der Waals surface area contributed by atoms with Crippen LogP contribution in [0.15, 0.2) is 4.99 Å². The zero-order valence-corrected chi connectivity index (χ0v) is 15.4. The van der Waals surface area contributed by atoms with Crippen molar-refractivity contribution in [3.63, 3.8) is 0 Å². The van der Waals surface area contributed by atoms with Crippen LogP contribution in [-0.4, -0.2) is 18.0 Å². The molecule has 0 radical (unpaired) electrons. The highest BCUT2D eigenvalue weighted by Gasteiger charge is 2.27. The van der Waals surface area contributed by atoms with Crippen molar-refractivity contribution in [2.45, 2.75) is 123 Å². The molecule has 0 fully saturated rings. The average molecular weight is 310 g/mol. The Kier molecular flexibility index (Phi) is 11.5. The number of hydrogen-bond acceptors (Lipinski definition) is 2. The molecule has 2 atom stereocenters. The Hall–Kier alpha value is -0.530. The van der Waals surface area contributed by atoms with Gasteiger partial charge in [-0.25, -0.2) is 4.99 Å². The van der Waals surface area contributed by atoms with Crippen LogP contribution < -0.4 is 0 Å². The maximum atomic E-state index is 5.95. The second-order valence-electron chi connectivity index (χ2n) is 6.98.